The number of nitrogens with zero attached hydrogens (tertiary/aromatic N) is 3. The zero-order valence-electron chi connectivity index (χ0n) is 18.1. The van der Waals surface area contributed by atoms with Crippen molar-refractivity contribution < 1.29 is 9.90 Å². The van der Waals surface area contributed by atoms with Crippen LogP contribution in [-0.2, 0) is 11.2 Å². The predicted molar refractivity (Wildman–Crippen MR) is 116 cm³/mol. The smallest absolute Gasteiger partial charge is 0.257 e. The molecule has 0 radical (unpaired) electrons. The van der Waals surface area contributed by atoms with E-state index in [1.807, 2.05) is 25.1 Å². The first-order valence-corrected chi connectivity index (χ1v) is 10.9. The summed E-state index contributed by atoms with van der Waals surface area (Å²) >= 11 is 0. The predicted octanol–water partition coefficient (Wildman–Crippen LogP) is 2.61. The number of benzene rings is 1. The maximum atomic E-state index is 13.0. The summed E-state index contributed by atoms with van der Waals surface area (Å²) in [6.45, 7) is 8.36. The fourth-order valence-electron chi connectivity index (χ4n) is 4.76. The number of likely N-dealkylation sites (tertiary alicyclic amines) is 1. The van der Waals surface area contributed by atoms with Gasteiger partial charge in [0.2, 0.25) is 0 Å². The van der Waals surface area contributed by atoms with Crippen LogP contribution in [0.5, 0.6) is 0 Å². The molecule has 1 saturated heterocycles. The Balaban J connectivity index is 1.54. The highest BCUT2D eigenvalue weighted by atomic mass is 16.3. The average Bonchev–Trinajstić information content (AvgIpc) is 2.89. The fourth-order valence-corrected chi connectivity index (χ4v) is 4.76. The second kappa shape index (κ2) is 9.26. The van der Waals surface area contributed by atoms with Gasteiger partial charge in [0.1, 0.15) is 11.8 Å². The minimum Gasteiger partial charge on any atom is -0.378 e. The van der Waals surface area contributed by atoms with Gasteiger partial charge in [-0.05, 0) is 56.4 Å². The Labute approximate surface area is 174 Å². The lowest BCUT2D eigenvalue weighted by Crippen LogP contribution is -2.50. The van der Waals surface area contributed by atoms with Crippen molar-refractivity contribution in [1.82, 2.24) is 9.80 Å². The van der Waals surface area contributed by atoms with E-state index < -0.39 is 11.8 Å². The van der Waals surface area contributed by atoms with Crippen molar-refractivity contribution in [2.24, 2.45) is 22.6 Å². The van der Waals surface area contributed by atoms with Crippen LogP contribution in [0.25, 0.3) is 0 Å². The molecule has 3 rings (SSSR count). The number of nitrogens with two attached hydrogens (primary N) is 1. The number of aliphatic hydroxyl groups is 1. The van der Waals surface area contributed by atoms with Crippen LogP contribution in [0, 0.1) is 11.8 Å². The van der Waals surface area contributed by atoms with Crippen molar-refractivity contribution in [2.75, 3.05) is 19.6 Å². The summed E-state index contributed by atoms with van der Waals surface area (Å²) in [6, 6.07) is 10.3. The van der Waals surface area contributed by atoms with Crippen LogP contribution in [0.15, 0.2) is 35.3 Å². The number of guanidine groups is 1. The van der Waals surface area contributed by atoms with E-state index in [1.54, 1.807) is 4.90 Å². The summed E-state index contributed by atoms with van der Waals surface area (Å²) in [6.07, 6.45) is 3.90. The van der Waals surface area contributed by atoms with E-state index in [-0.39, 0.29) is 5.91 Å². The quantitative estimate of drug-likeness (QED) is 0.703. The topological polar surface area (TPSA) is 82.2 Å². The van der Waals surface area contributed by atoms with Gasteiger partial charge in [0, 0.05) is 19.6 Å². The summed E-state index contributed by atoms with van der Waals surface area (Å²) in [4.78, 5) is 21.3. The van der Waals surface area contributed by atoms with Crippen LogP contribution in [0.4, 0.5) is 0 Å². The van der Waals surface area contributed by atoms with Gasteiger partial charge in [0.15, 0.2) is 5.96 Å². The van der Waals surface area contributed by atoms with Gasteiger partial charge in [0.05, 0.1) is 0 Å². The van der Waals surface area contributed by atoms with Crippen LogP contribution in [0.2, 0.25) is 0 Å². The SMILES string of the molecule is CC(C)CC1(C)N=C(N)N(CC2CCCN(C(O)CCc3ccccc3)C2)C1=O. The van der Waals surface area contributed by atoms with Crippen molar-refractivity contribution in [3.63, 3.8) is 0 Å². The molecule has 0 saturated carbocycles. The second-order valence-electron chi connectivity index (χ2n) is 9.27. The molecule has 2 heterocycles. The third-order valence-corrected chi connectivity index (χ3v) is 6.10. The van der Waals surface area contributed by atoms with Crippen LogP contribution < -0.4 is 5.73 Å². The lowest BCUT2D eigenvalue weighted by atomic mass is 9.90. The van der Waals surface area contributed by atoms with Gasteiger partial charge < -0.3 is 10.8 Å². The van der Waals surface area contributed by atoms with E-state index in [2.05, 4.69) is 35.9 Å². The Hall–Kier alpha value is -1.92. The first kappa shape index (κ1) is 21.8. The molecular formula is C23H36N4O2. The Bertz CT molecular complexity index is 721. The highest BCUT2D eigenvalue weighted by Crippen LogP contribution is 2.30. The van der Waals surface area contributed by atoms with Gasteiger partial charge in [-0.3, -0.25) is 14.6 Å². The standard InChI is InChI=1S/C23H36N4O2/c1-17(2)14-23(3)21(29)27(22(24)25-23)16-19-10-7-13-26(15-19)20(28)12-11-18-8-5-4-6-9-18/h4-6,8-9,17,19-20,28H,7,10-16H2,1-3H3,(H2,24,25). The molecule has 3 unspecified atom stereocenters. The molecule has 2 aliphatic heterocycles. The molecule has 1 amide bonds. The monoisotopic (exact) mass is 400 g/mol. The lowest BCUT2D eigenvalue weighted by Gasteiger charge is -2.37. The van der Waals surface area contributed by atoms with Crippen molar-refractivity contribution in [2.45, 2.75) is 64.6 Å². The third kappa shape index (κ3) is 5.37. The third-order valence-electron chi connectivity index (χ3n) is 6.10. The maximum Gasteiger partial charge on any atom is 0.257 e. The van der Waals surface area contributed by atoms with Crippen molar-refractivity contribution in [3.05, 3.63) is 35.9 Å². The van der Waals surface area contributed by atoms with E-state index in [4.69, 9.17) is 5.73 Å². The summed E-state index contributed by atoms with van der Waals surface area (Å²) < 4.78 is 0. The molecule has 6 nitrogen and oxygen atoms in total. The molecule has 3 N–H and O–H groups in total. The molecule has 6 heteroatoms. The molecular weight excluding hydrogens is 364 g/mol. The number of aliphatic imine (C=N–C) groups is 1. The number of carbonyl (C=O) groups excluding carboxylic acids is 1. The van der Waals surface area contributed by atoms with E-state index in [9.17, 15) is 9.90 Å². The molecule has 1 aromatic rings. The first-order valence-electron chi connectivity index (χ1n) is 10.9. The molecule has 0 aromatic heterocycles. The largest absolute Gasteiger partial charge is 0.378 e. The Kier molecular flexibility index (Phi) is 6.96. The molecule has 160 valence electrons. The first-order chi connectivity index (χ1) is 13.8. The highest BCUT2D eigenvalue weighted by Gasteiger charge is 2.44. The minimum atomic E-state index is -0.734. The van der Waals surface area contributed by atoms with Gasteiger partial charge in [-0.15, -0.1) is 0 Å². The van der Waals surface area contributed by atoms with E-state index in [0.29, 0.717) is 30.8 Å². The molecule has 0 spiro atoms. The molecule has 0 bridgehead atoms. The Morgan fingerprint density at radius 3 is 2.72 bits per heavy atom. The molecule has 1 aromatic carbocycles. The summed E-state index contributed by atoms with van der Waals surface area (Å²) in [7, 11) is 0. The van der Waals surface area contributed by atoms with Crippen LogP contribution >= 0.6 is 0 Å². The molecule has 1 fully saturated rings. The van der Waals surface area contributed by atoms with Gasteiger partial charge in [0.25, 0.3) is 5.91 Å². The number of amides is 1. The van der Waals surface area contributed by atoms with Gasteiger partial charge in [-0.2, -0.15) is 0 Å². The number of rotatable bonds is 8. The number of piperidine rings is 1. The fraction of sp³-hybridized carbons (Fsp3) is 0.652. The average molecular weight is 401 g/mol. The van der Waals surface area contributed by atoms with Crippen molar-refractivity contribution in [3.8, 4) is 0 Å². The number of aliphatic hydroxyl groups excluding tert-OH is 1. The zero-order chi connectivity index (χ0) is 21.0. The summed E-state index contributed by atoms with van der Waals surface area (Å²) in [5, 5.41) is 10.7. The molecule has 29 heavy (non-hydrogen) atoms. The van der Waals surface area contributed by atoms with E-state index in [1.165, 1.54) is 5.56 Å². The Morgan fingerprint density at radius 1 is 1.31 bits per heavy atom. The Morgan fingerprint density at radius 2 is 2.03 bits per heavy atom. The molecule has 3 atom stereocenters. The van der Waals surface area contributed by atoms with Crippen LogP contribution in [0.3, 0.4) is 0 Å². The number of aryl methyl sites for hydroxylation is 1. The molecule has 0 aliphatic carbocycles. The summed E-state index contributed by atoms with van der Waals surface area (Å²) in [5.41, 5.74) is 6.65. The van der Waals surface area contributed by atoms with Crippen molar-refractivity contribution in [1.29, 1.82) is 0 Å². The van der Waals surface area contributed by atoms with Crippen LogP contribution in [-0.4, -0.2) is 58.2 Å². The van der Waals surface area contributed by atoms with Gasteiger partial charge >= 0.3 is 0 Å². The van der Waals surface area contributed by atoms with Gasteiger partial charge in [-0.25, -0.2) is 4.99 Å². The maximum absolute atomic E-state index is 13.0. The number of hydrogen-bond donors (Lipinski definition) is 2. The van der Waals surface area contributed by atoms with E-state index in [0.717, 1.165) is 38.8 Å². The van der Waals surface area contributed by atoms with E-state index >= 15 is 0 Å². The number of hydrogen-bond acceptors (Lipinski definition) is 5. The normalized spacial score (nSPS) is 26.8. The van der Waals surface area contributed by atoms with Crippen molar-refractivity contribution >= 4 is 11.9 Å². The highest BCUT2D eigenvalue weighted by molar-refractivity contribution is 6.06. The second-order valence-corrected chi connectivity index (χ2v) is 9.27. The number of carbonyl (C=O) groups is 1. The van der Waals surface area contributed by atoms with Crippen LogP contribution in [0.1, 0.15) is 52.0 Å². The lowest BCUT2D eigenvalue weighted by molar-refractivity contribution is -0.132. The minimum absolute atomic E-state index is 0.0189. The molecule has 2 aliphatic rings. The summed E-state index contributed by atoms with van der Waals surface area (Å²) in [5.74, 6) is 1.05. The zero-order valence-corrected chi connectivity index (χ0v) is 18.1. The van der Waals surface area contributed by atoms with Gasteiger partial charge in [-0.1, -0.05) is 44.2 Å².